The normalized spacial score (nSPS) is 12.3. The summed E-state index contributed by atoms with van der Waals surface area (Å²) in [4.78, 5) is 2.83. The van der Waals surface area contributed by atoms with Crippen LogP contribution in [0.5, 0.6) is 5.75 Å². The van der Waals surface area contributed by atoms with Gasteiger partial charge in [-0.15, -0.1) is 0 Å². The molecule has 0 atom stereocenters. The lowest BCUT2D eigenvalue weighted by Crippen LogP contribution is -1.97. The summed E-state index contributed by atoms with van der Waals surface area (Å²) in [5, 5.41) is 11.1. The van der Waals surface area contributed by atoms with Crippen LogP contribution in [0.2, 0.25) is 0 Å². The first-order chi connectivity index (χ1) is 8.45. The van der Waals surface area contributed by atoms with E-state index in [4.69, 9.17) is 4.55 Å². The number of hydrogen-bond acceptors (Lipinski definition) is 3. The van der Waals surface area contributed by atoms with Gasteiger partial charge >= 0.3 is 0 Å². The van der Waals surface area contributed by atoms with E-state index < -0.39 is 10.1 Å². The van der Waals surface area contributed by atoms with Gasteiger partial charge in [0.25, 0.3) is 10.1 Å². The number of hydrogen-bond donors (Lipinski definition) is 3. The minimum absolute atomic E-state index is 0.129. The monoisotopic (exact) mass is 263 g/mol. The molecule has 5 nitrogen and oxygen atoms in total. The lowest BCUT2D eigenvalue weighted by atomic mass is 10.1. The quantitative estimate of drug-likeness (QED) is 0.587. The van der Waals surface area contributed by atoms with Crippen LogP contribution in [0, 0.1) is 0 Å². The van der Waals surface area contributed by atoms with Crippen molar-refractivity contribution < 1.29 is 18.1 Å². The number of fused-ring (bicyclic) bond motifs is 3. The molecule has 0 fully saturated rings. The molecule has 18 heavy (non-hydrogen) atoms. The molecule has 0 aliphatic carbocycles. The Bertz CT molecular complexity index is 864. The largest absolute Gasteiger partial charge is 0.508 e. The van der Waals surface area contributed by atoms with Crippen molar-refractivity contribution in [3.63, 3.8) is 0 Å². The number of H-pyrrole nitrogens is 1. The highest BCUT2D eigenvalue weighted by Crippen LogP contribution is 2.29. The second kappa shape index (κ2) is 3.47. The number of aromatic hydroxyl groups is 1. The Balaban J connectivity index is 2.40. The highest BCUT2D eigenvalue weighted by molar-refractivity contribution is 7.85. The SMILES string of the molecule is O=S(=O)(O)c1ccc2c(c1)[nH]c1cc(O)ccc12. The molecule has 0 saturated heterocycles. The molecule has 0 aliphatic heterocycles. The van der Waals surface area contributed by atoms with Crippen molar-refractivity contribution >= 4 is 31.9 Å². The van der Waals surface area contributed by atoms with Gasteiger partial charge in [-0.3, -0.25) is 4.55 Å². The molecule has 0 bridgehead atoms. The number of aromatic nitrogens is 1. The molecule has 2 aromatic carbocycles. The first-order valence-electron chi connectivity index (χ1n) is 5.17. The third-order valence-corrected chi connectivity index (χ3v) is 3.70. The summed E-state index contributed by atoms with van der Waals surface area (Å²) in [6.45, 7) is 0. The number of benzene rings is 2. The van der Waals surface area contributed by atoms with E-state index >= 15 is 0 Å². The maximum Gasteiger partial charge on any atom is 0.294 e. The zero-order chi connectivity index (χ0) is 12.9. The first kappa shape index (κ1) is 11.1. The Morgan fingerprint density at radius 1 is 0.944 bits per heavy atom. The van der Waals surface area contributed by atoms with Crippen molar-refractivity contribution in [2.75, 3.05) is 0 Å². The van der Waals surface area contributed by atoms with Gasteiger partial charge in [0, 0.05) is 22.4 Å². The summed E-state index contributed by atoms with van der Waals surface area (Å²) >= 11 is 0. The number of rotatable bonds is 1. The van der Waals surface area contributed by atoms with Gasteiger partial charge in [-0.2, -0.15) is 8.42 Å². The minimum atomic E-state index is -4.21. The zero-order valence-electron chi connectivity index (χ0n) is 9.08. The third kappa shape index (κ3) is 1.62. The van der Waals surface area contributed by atoms with Gasteiger partial charge in [0.15, 0.2) is 0 Å². The molecule has 1 aromatic heterocycles. The maximum atomic E-state index is 11.0. The van der Waals surface area contributed by atoms with Gasteiger partial charge in [0.05, 0.1) is 10.4 Å². The molecular formula is C12H9NO4S. The highest BCUT2D eigenvalue weighted by Gasteiger charge is 2.12. The molecule has 3 N–H and O–H groups in total. The lowest BCUT2D eigenvalue weighted by Gasteiger charge is -1.96. The summed E-state index contributed by atoms with van der Waals surface area (Å²) in [6, 6.07) is 9.19. The summed E-state index contributed by atoms with van der Waals surface area (Å²) in [7, 11) is -4.21. The van der Waals surface area contributed by atoms with Gasteiger partial charge in [0.2, 0.25) is 0 Å². The number of phenolic OH excluding ortho intramolecular Hbond substituents is 1. The van der Waals surface area contributed by atoms with E-state index in [2.05, 4.69) is 4.98 Å². The van der Waals surface area contributed by atoms with Gasteiger partial charge in [0.1, 0.15) is 5.75 Å². The zero-order valence-corrected chi connectivity index (χ0v) is 9.90. The van der Waals surface area contributed by atoms with E-state index in [1.54, 1.807) is 24.3 Å². The van der Waals surface area contributed by atoms with E-state index in [1.807, 2.05) is 0 Å². The molecule has 0 aliphatic rings. The summed E-state index contributed by atoms with van der Waals surface area (Å²) < 4.78 is 31.1. The molecule has 3 rings (SSSR count). The minimum Gasteiger partial charge on any atom is -0.508 e. The van der Waals surface area contributed by atoms with E-state index in [-0.39, 0.29) is 10.6 Å². The van der Waals surface area contributed by atoms with Crippen LogP contribution < -0.4 is 0 Å². The van der Waals surface area contributed by atoms with Crippen molar-refractivity contribution in [2.45, 2.75) is 4.90 Å². The van der Waals surface area contributed by atoms with Crippen LogP contribution in [-0.4, -0.2) is 23.1 Å². The van der Waals surface area contributed by atoms with Gasteiger partial charge in [-0.05, 0) is 24.3 Å². The van der Waals surface area contributed by atoms with Crippen LogP contribution in [0.4, 0.5) is 0 Å². The lowest BCUT2D eigenvalue weighted by molar-refractivity contribution is 0.476. The smallest absolute Gasteiger partial charge is 0.294 e. The highest BCUT2D eigenvalue weighted by atomic mass is 32.2. The van der Waals surface area contributed by atoms with Crippen LogP contribution in [0.15, 0.2) is 41.3 Å². The van der Waals surface area contributed by atoms with E-state index in [0.29, 0.717) is 11.0 Å². The molecule has 1 heterocycles. The summed E-state index contributed by atoms with van der Waals surface area (Å²) in [6.07, 6.45) is 0. The summed E-state index contributed by atoms with van der Waals surface area (Å²) in [5.41, 5.74) is 1.29. The topological polar surface area (TPSA) is 90.4 Å². The standard InChI is InChI=1S/C12H9NO4S/c14-7-1-3-9-10-4-2-8(18(15,16)17)6-12(10)13-11(9)5-7/h1-6,13-14H,(H,15,16,17). The molecule has 3 aromatic rings. The molecule has 0 unspecified atom stereocenters. The van der Waals surface area contributed by atoms with E-state index in [9.17, 15) is 13.5 Å². The Morgan fingerprint density at radius 3 is 2.22 bits per heavy atom. The number of aromatic amines is 1. The molecular weight excluding hydrogens is 254 g/mol. The van der Waals surface area contributed by atoms with Crippen LogP contribution in [-0.2, 0) is 10.1 Å². The third-order valence-electron chi connectivity index (χ3n) is 2.85. The molecule has 0 spiro atoms. The van der Waals surface area contributed by atoms with Crippen molar-refractivity contribution in [1.82, 2.24) is 4.98 Å². The fraction of sp³-hybridized carbons (Fsp3) is 0. The van der Waals surface area contributed by atoms with Crippen molar-refractivity contribution in [3.8, 4) is 5.75 Å². The van der Waals surface area contributed by atoms with Crippen molar-refractivity contribution in [1.29, 1.82) is 0 Å². The molecule has 0 amide bonds. The van der Waals surface area contributed by atoms with Crippen LogP contribution >= 0.6 is 0 Å². The number of phenols is 1. The molecule has 0 saturated carbocycles. The van der Waals surface area contributed by atoms with Crippen LogP contribution in [0.1, 0.15) is 0 Å². The Kier molecular flexibility index (Phi) is 2.13. The average Bonchev–Trinajstić information content (AvgIpc) is 2.63. The molecule has 0 radical (unpaired) electrons. The Morgan fingerprint density at radius 2 is 1.56 bits per heavy atom. The fourth-order valence-corrected chi connectivity index (χ4v) is 2.54. The maximum absolute atomic E-state index is 11.0. The summed E-state index contributed by atoms with van der Waals surface area (Å²) in [5.74, 6) is 0.129. The second-order valence-corrected chi connectivity index (χ2v) is 5.46. The second-order valence-electron chi connectivity index (χ2n) is 4.04. The molecule has 6 heteroatoms. The Hall–Kier alpha value is -2.05. The molecule has 92 valence electrons. The van der Waals surface area contributed by atoms with Gasteiger partial charge in [-0.25, -0.2) is 0 Å². The van der Waals surface area contributed by atoms with E-state index in [1.165, 1.54) is 12.1 Å². The van der Waals surface area contributed by atoms with Gasteiger partial charge < -0.3 is 10.1 Å². The van der Waals surface area contributed by atoms with Gasteiger partial charge in [-0.1, -0.05) is 6.07 Å². The van der Waals surface area contributed by atoms with Crippen LogP contribution in [0.3, 0.4) is 0 Å². The predicted molar refractivity (Wildman–Crippen MR) is 67.3 cm³/mol. The van der Waals surface area contributed by atoms with Crippen LogP contribution in [0.25, 0.3) is 21.8 Å². The Labute approximate surface area is 102 Å². The fourth-order valence-electron chi connectivity index (χ4n) is 2.04. The van der Waals surface area contributed by atoms with E-state index in [0.717, 1.165) is 10.8 Å². The predicted octanol–water partition coefficient (Wildman–Crippen LogP) is 2.27. The van der Waals surface area contributed by atoms with Crippen molar-refractivity contribution in [3.05, 3.63) is 36.4 Å². The first-order valence-corrected chi connectivity index (χ1v) is 6.61. The number of nitrogens with one attached hydrogen (secondary N) is 1. The average molecular weight is 263 g/mol. The van der Waals surface area contributed by atoms with Crippen molar-refractivity contribution in [2.24, 2.45) is 0 Å².